The number of furan rings is 1. The topological polar surface area (TPSA) is 76.3 Å². The lowest BCUT2D eigenvalue weighted by Gasteiger charge is -2.32. The molecule has 0 amide bonds. The lowest BCUT2D eigenvalue weighted by molar-refractivity contribution is 0.0428. The van der Waals surface area contributed by atoms with Gasteiger partial charge in [0.05, 0.1) is 6.54 Å². The van der Waals surface area contributed by atoms with Gasteiger partial charge in [-0.2, -0.15) is 0 Å². The van der Waals surface area contributed by atoms with E-state index in [1.54, 1.807) is 6.92 Å². The van der Waals surface area contributed by atoms with E-state index in [1.165, 1.54) is 32.6 Å². The molecule has 1 unspecified atom stereocenters. The van der Waals surface area contributed by atoms with Gasteiger partial charge in [-0.1, -0.05) is 0 Å². The molecule has 1 aromatic rings. The largest absolute Gasteiger partial charge is 0.463 e. The SMILES string of the molecule is CCNC(=NCC(C)(O)c1ccc(C)o1)NCCCCN1CCN(C)CC1.I. The van der Waals surface area contributed by atoms with Crippen LogP contribution in [0, 0.1) is 6.92 Å². The second-order valence-corrected chi connectivity index (χ2v) is 7.66. The molecule has 8 heteroatoms. The highest BCUT2D eigenvalue weighted by Gasteiger charge is 2.26. The molecule has 0 bridgehead atoms. The van der Waals surface area contributed by atoms with Crippen molar-refractivity contribution in [2.24, 2.45) is 4.99 Å². The highest BCUT2D eigenvalue weighted by atomic mass is 127. The van der Waals surface area contributed by atoms with Crippen LogP contribution in [-0.2, 0) is 5.60 Å². The Hall–Kier alpha value is -0.840. The smallest absolute Gasteiger partial charge is 0.191 e. The summed E-state index contributed by atoms with van der Waals surface area (Å²) in [6, 6.07) is 3.67. The predicted molar refractivity (Wildman–Crippen MR) is 126 cm³/mol. The Morgan fingerprint density at radius 1 is 1.21 bits per heavy atom. The fourth-order valence-electron chi connectivity index (χ4n) is 3.12. The number of aryl methyl sites for hydroxylation is 1. The van der Waals surface area contributed by atoms with E-state index in [4.69, 9.17) is 4.42 Å². The number of nitrogens with one attached hydrogen (secondary N) is 2. The molecule has 7 nitrogen and oxygen atoms in total. The maximum atomic E-state index is 10.6. The molecule has 1 atom stereocenters. The van der Waals surface area contributed by atoms with E-state index >= 15 is 0 Å². The van der Waals surface area contributed by atoms with Crippen LogP contribution < -0.4 is 10.6 Å². The minimum atomic E-state index is -1.11. The third-order valence-corrected chi connectivity index (χ3v) is 4.95. The van der Waals surface area contributed by atoms with Crippen molar-refractivity contribution in [3.63, 3.8) is 0 Å². The average molecular weight is 507 g/mol. The first-order valence-electron chi connectivity index (χ1n) is 10.1. The van der Waals surface area contributed by atoms with Crippen LogP contribution in [0.2, 0.25) is 0 Å². The van der Waals surface area contributed by atoms with Gasteiger partial charge in [-0.15, -0.1) is 24.0 Å². The first-order chi connectivity index (χ1) is 12.9. The molecule has 0 radical (unpaired) electrons. The number of unbranched alkanes of at least 4 members (excludes halogenated alkanes) is 1. The minimum absolute atomic E-state index is 0. The summed E-state index contributed by atoms with van der Waals surface area (Å²) in [6.45, 7) is 13.4. The molecule has 0 aromatic carbocycles. The molecule has 28 heavy (non-hydrogen) atoms. The highest BCUT2D eigenvalue weighted by Crippen LogP contribution is 2.23. The molecule has 2 heterocycles. The highest BCUT2D eigenvalue weighted by molar-refractivity contribution is 14.0. The molecule has 2 rings (SSSR count). The number of piperazine rings is 1. The van der Waals surface area contributed by atoms with E-state index in [1.807, 2.05) is 26.0 Å². The number of aliphatic imine (C=N–C) groups is 1. The second-order valence-electron chi connectivity index (χ2n) is 7.66. The van der Waals surface area contributed by atoms with Crippen molar-refractivity contribution < 1.29 is 9.52 Å². The van der Waals surface area contributed by atoms with E-state index in [0.717, 1.165) is 37.8 Å². The molecular formula is C20H38IN5O2. The third-order valence-electron chi connectivity index (χ3n) is 4.95. The molecule has 0 saturated carbocycles. The zero-order valence-corrected chi connectivity index (χ0v) is 20.2. The first-order valence-corrected chi connectivity index (χ1v) is 10.1. The Kier molecular flexibility index (Phi) is 11.4. The van der Waals surface area contributed by atoms with Crippen LogP contribution in [-0.4, -0.2) is 80.3 Å². The lowest BCUT2D eigenvalue weighted by Crippen LogP contribution is -2.44. The Labute approximate surface area is 187 Å². The second kappa shape index (κ2) is 12.7. The Balaban J connectivity index is 0.00000392. The Morgan fingerprint density at radius 3 is 2.54 bits per heavy atom. The minimum Gasteiger partial charge on any atom is -0.463 e. The summed E-state index contributed by atoms with van der Waals surface area (Å²) < 4.78 is 5.55. The number of hydrogen-bond donors (Lipinski definition) is 3. The summed E-state index contributed by atoms with van der Waals surface area (Å²) >= 11 is 0. The quantitative estimate of drug-likeness (QED) is 0.206. The van der Waals surface area contributed by atoms with E-state index < -0.39 is 5.60 Å². The molecule has 162 valence electrons. The molecule has 1 saturated heterocycles. The van der Waals surface area contributed by atoms with E-state index in [9.17, 15) is 5.11 Å². The number of rotatable bonds is 9. The zero-order valence-electron chi connectivity index (χ0n) is 17.8. The summed E-state index contributed by atoms with van der Waals surface area (Å²) in [7, 11) is 2.19. The van der Waals surface area contributed by atoms with Gasteiger partial charge in [-0.3, -0.25) is 0 Å². The van der Waals surface area contributed by atoms with Crippen LogP contribution in [0.1, 0.15) is 38.2 Å². The van der Waals surface area contributed by atoms with Gasteiger partial charge in [0, 0.05) is 39.3 Å². The van der Waals surface area contributed by atoms with Gasteiger partial charge >= 0.3 is 0 Å². The standard InChI is InChI=1S/C20H37N5O2.HI/c1-5-21-19(23-16-20(3,26)18-9-8-17(2)27-18)22-10-6-7-11-25-14-12-24(4)13-15-25;/h8-9,26H,5-7,10-16H2,1-4H3,(H2,21,22,23);1H. The first kappa shape index (κ1) is 25.2. The molecule has 0 aliphatic carbocycles. The van der Waals surface area contributed by atoms with Crippen molar-refractivity contribution in [2.75, 3.05) is 59.4 Å². The fourth-order valence-corrected chi connectivity index (χ4v) is 3.12. The van der Waals surface area contributed by atoms with Crippen LogP contribution >= 0.6 is 24.0 Å². The van der Waals surface area contributed by atoms with E-state index in [0.29, 0.717) is 5.76 Å². The Bertz CT molecular complexity index is 583. The van der Waals surface area contributed by atoms with E-state index in [2.05, 4.69) is 32.5 Å². The van der Waals surface area contributed by atoms with Crippen LogP contribution in [0.4, 0.5) is 0 Å². The Morgan fingerprint density at radius 2 is 1.93 bits per heavy atom. The molecule has 1 fully saturated rings. The van der Waals surface area contributed by atoms with Crippen molar-refractivity contribution in [1.82, 2.24) is 20.4 Å². The molecular weight excluding hydrogens is 469 g/mol. The summed E-state index contributed by atoms with van der Waals surface area (Å²) in [5, 5.41) is 17.2. The summed E-state index contributed by atoms with van der Waals surface area (Å²) in [6.07, 6.45) is 2.28. The van der Waals surface area contributed by atoms with Crippen molar-refractivity contribution >= 4 is 29.9 Å². The number of guanidine groups is 1. The van der Waals surface area contributed by atoms with Crippen molar-refractivity contribution in [1.29, 1.82) is 0 Å². The van der Waals surface area contributed by atoms with Crippen molar-refractivity contribution in [2.45, 2.75) is 39.2 Å². The molecule has 1 aliphatic rings. The molecule has 1 aromatic heterocycles. The van der Waals surface area contributed by atoms with Gasteiger partial charge < -0.3 is 30.0 Å². The third kappa shape index (κ3) is 8.67. The number of halogens is 1. The summed E-state index contributed by atoms with van der Waals surface area (Å²) in [5.41, 5.74) is -1.11. The van der Waals surface area contributed by atoms with Crippen LogP contribution in [0.3, 0.4) is 0 Å². The fraction of sp³-hybridized carbons (Fsp3) is 0.750. The maximum Gasteiger partial charge on any atom is 0.191 e. The van der Waals surface area contributed by atoms with E-state index in [-0.39, 0.29) is 30.5 Å². The van der Waals surface area contributed by atoms with Gasteiger partial charge in [0.1, 0.15) is 17.1 Å². The summed E-state index contributed by atoms with van der Waals surface area (Å²) in [5.74, 6) is 2.08. The monoisotopic (exact) mass is 507 g/mol. The molecule has 1 aliphatic heterocycles. The van der Waals surface area contributed by atoms with Gasteiger partial charge in [0.25, 0.3) is 0 Å². The number of likely N-dealkylation sites (N-methyl/N-ethyl adjacent to an activating group) is 1. The normalized spacial score (nSPS) is 18.4. The lowest BCUT2D eigenvalue weighted by atomic mass is 10.0. The predicted octanol–water partition coefficient (Wildman–Crippen LogP) is 2.00. The maximum absolute atomic E-state index is 10.6. The van der Waals surface area contributed by atoms with Gasteiger partial charge in [0.2, 0.25) is 0 Å². The molecule has 3 N–H and O–H groups in total. The molecule has 0 spiro atoms. The van der Waals surface area contributed by atoms with Crippen molar-refractivity contribution in [3.8, 4) is 0 Å². The number of aliphatic hydroxyl groups is 1. The zero-order chi connectivity index (χ0) is 19.7. The van der Waals surface area contributed by atoms with Gasteiger partial charge in [-0.05, 0) is 59.3 Å². The average Bonchev–Trinajstić information content (AvgIpc) is 3.08. The van der Waals surface area contributed by atoms with Crippen LogP contribution in [0.25, 0.3) is 0 Å². The van der Waals surface area contributed by atoms with Crippen LogP contribution in [0.15, 0.2) is 21.5 Å². The summed E-state index contributed by atoms with van der Waals surface area (Å²) in [4.78, 5) is 9.46. The number of nitrogens with zero attached hydrogens (tertiary/aromatic N) is 3. The van der Waals surface area contributed by atoms with Crippen molar-refractivity contribution in [3.05, 3.63) is 23.7 Å². The number of hydrogen-bond acceptors (Lipinski definition) is 5. The van der Waals surface area contributed by atoms with Gasteiger partial charge in [-0.25, -0.2) is 4.99 Å². The van der Waals surface area contributed by atoms with Gasteiger partial charge in [0.15, 0.2) is 5.96 Å². The van der Waals surface area contributed by atoms with Crippen LogP contribution in [0.5, 0.6) is 0 Å².